The average molecular weight is 119 g/mol. The Morgan fingerprint density at radius 1 is 1.71 bits per heavy atom. The molecule has 0 aliphatic rings. The highest BCUT2D eigenvalue weighted by molar-refractivity contribution is 7.98. The van der Waals surface area contributed by atoms with E-state index in [0.717, 1.165) is 12.4 Å². The van der Waals surface area contributed by atoms with Crippen molar-refractivity contribution in [2.45, 2.75) is 6.92 Å². The second-order valence-corrected chi connectivity index (χ2v) is 1.99. The van der Waals surface area contributed by atoms with Crippen LogP contribution in [0.2, 0.25) is 0 Å². The van der Waals surface area contributed by atoms with Crippen molar-refractivity contribution in [2.75, 3.05) is 18.6 Å². The highest BCUT2D eigenvalue weighted by Crippen LogP contribution is 1.93. The van der Waals surface area contributed by atoms with Crippen LogP contribution in [0.3, 0.4) is 0 Å². The van der Waals surface area contributed by atoms with Gasteiger partial charge in [-0.3, -0.25) is 0 Å². The summed E-state index contributed by atoms with van der Waals surface area (Å²) in [6.45, 7) is 4.60. The molecule has 0 bridgehead atoms. The van der Waals surface area contributed by atoms with E-state index in [4.69, 9.17) is 4.74 Å². The van der Waals surface area contributed by atoms with Gasteiger partial charge in [-0.1, -0.05) is 0 Å². The SMILES string of the molecule is CCO[CH]CSC. The van der Waals surface area contributed by atoms with Crippen LogP contribution in [-0.4, -0.2) is 18.6 Å². The molecule has 0 fully saturated rings. The molecule has 2 heteroatoms. The first kappa shape index (κ1) is 7.31. The van der Waals surface area contributed by atoms with Gasteiger partial charge in [-0.15, -0.1) is 0 Å². The van der Waals surface area contributed by atoms with Gasteiger partial charge < -0.3 is 4.74 Å². The van der Waals surface area contributed by atoms with E-state index in [1.165, 1.54) is 0 Å². The Morgan fingerprint density at radius 3 is 2.86 bits per heavy atom. The van der Waals surface area contributed by atoms with Gasteiger partial charge in [0, 0.05) is 12.4 Å². The van der Waals surface area contributed by atoms with Gasteiger partial charge in [0.1, 0.15) is 0 Å². The van der Waals surface area contributed by atoms with Crippen molar-refractivity contribution >= 4 is 11.8 Å². The third-order valence-corrected chi connectivity index (χ3v) is 0.989. The molecular weight excluding hydrogens is 108 g/mol. The molecule has 43 valence electrons. The highest BCUT2D eigenvalue weighted by Gasteiger charge is 1.79. The fraction of sp³-hybridized carbons (Fsp3) is 0.800. The van der Waals surface area contributed by atoms with Gasteiger partial charge in [0.25, 0.3) is 0 Å². The first-order valence-electron chi connectivity index (χ1n) is 2.34. The predicted octanol–water partition coefficient (Wildman–Crippen LogP) is 1.55. The molecule has 0 aliphatic heterocycles. The van der Waals surface area contributed by atoms with Crippen LogP contribution < -0.4 is 0 Å². The van der Waals surface area contributed by atoms with Crippen molar-refractivity contribution in [1.29, 1.82) is 0 Å². The topological polar surface area (TPSA) is 9.23 Å². The number of hydrogen-bond acceptors (Lipinski definition) is 2. The summed E-state index contributed by atoms with van der Waals surface area (Å²) in [5.74, 6) is 0.994. The van der Waals surface area contributed by atoms with E-state index in [9.17, 15) is 0 Å². The van der Waals surface area contributed by atoms with Crippen molar-refractivity contribution in [3.63, 3.8) is 0 Å². The van der Waals surface area contributed by atoms with E-state index >= 15 is 0 Å². The molecule has 0 saturated heterocycles. The second kappa shape index (κ2) is 6.31. The van der Waals surface area contributed by atoms with Crippen molar-refractivity contribution in [3.8, 4) is 0 Å². The Kier molecular flexibility index (Phi) is 6.59. The molecule has 1 nitrogen and oxygen atoms in total. The fourth-order valence-electron chi connectivity index (χ4n) is 0.234. The zero-order chi connectivity index (χ0) is 5.54. The number of ether oxygens (including phenoxy) is 1. The maximum atomic E-state index is 4.93. The summed E-state index contributed by atoms with van der Waals surface area (Å²) >= 11 is 1.76. The zero-order valence-corrected chi connectivity index (χ0v) is 5.62. The lowest BCUT2D eigenvalue weighted by atomic mass is 10.8. The predicted molar refractivity (Wildman–Crippen MR) is 34.3 cm³/mol. The third-order valence-electron chi connectivity index (χ3n) is 0.519. The first-order chi connectivity index (χ1) is 3.41. The minimum absolute atomic E-state index is 0.792. The third kappa shape index (κ3) is 6.31. The molecule has 0 heterocycles. The molecule has 0 amide bonds. The maximum Gasteiger partial charge on any atom is 0.0934 e. The van der Waals surface area contributed by atoms with Gasteiger partial charge in [-0.05, 0) is 13.2 Å². The van der Waals surface area contributed by atoms with Crippen LogP contribution in [0.4, 0.5) is 0 Å². The van der Waals surface area contributed by atoms with Crippen molar-refractivity contribution < 1.29 is 4.74 Å². The standard InChI is InChI=1S/C5H11OS/c1-3-6-4-5-7-2/h4H,3,5H2,1-2H3. The molecule has 7 heavy (non-hydrogen) atoms. The lowest BCUT2D eigenvalue weighted by molar-refractivity contribution is 0.223. The van der Waals surface area contributed by atoms with Crippen molar-refractivity contribution in [2.24, 2.45) is 0 Å². The van der Waals surface area contributed by atoms with E-state index in [0.29, 0.717) is 0 Å². The highest BCUT2D eigenvalue weighted by atomic mass is 32.2. The lowest BCUT2D eigenvalue weighted by Crippen LogP contribution is -1.86. The Morgan fingerprint density at radius 2 is 2.43 bits per heavy atom. The molecule has 0 aromatic carbocycles. The first-order valence-corrected chi connectivity index (χ1v) is 3.73. The summed E-state index contributed by atoms with van der Waals surface area (Å²) in [5, 5.41) is 0. The van der Waals surface area contributed by atoms with E-state index in [1.807, 2.05) is 13.5 Å². The van der Waals surface area contributed by atoms with Gasteiger partial charge in [0.05, 0.1) is 6.61 Å². The molecule has 0 N–H and O–H groups in total. The van der Waals surface area contributed by atoms with Crippen molar-refractivity contribution in [3.05, 3.63) is 6.61 Å². The van der Waals surface area contributed by atoms with Gasteiger partial charge in [-0.2, -0.15) is 11.8 Å². The summed E-state index contributed by atoms with van der Waals surface area (Å²) < 4.78 is 4.93. The van der Waals surface area contributed by atoms with E-state index < -0.39 is 0 Å². The van der Waals surface area contributed by atoms with Crippen LogP contribution in [0.1, 0.15) is 6.92 Å². The Hall–Kier alpha value is 0.310. The molecule has 0 aromatic heterocycles. The van der Waals surface area contributed by atoms with E-state index in [-0.39, 0.29) is 0 Å². The van der Waals surface area contributed by atoms with Crippen LogP contribution in [0, 0.1) is 6.61 Å². The normalized spacial score (nSPS) is 9.43. The summed E-state index contributed by atoms with van der Waals surface area (Å²) in [6.07, 6.45) is 2.05. The number of hydrogen-bond donors (Lipinski definition) is 0. The van der Waals surface area contributed by atoms with Gasteiger partial charge in [0.15, 0.2) is 0 Å². The van der Waals surface area contributed by atoms with E-state index in [1.54, 1.807) is 11.8 Å². The average Bonchev–Trinajstić information content (AvgIpc) is 1.69. The maximum absolute atomic E-state index is 4.93. The molecular formula is C5H11OS. The second-order valence-electron chi connectivity index (χ2n) is 1.08. The van der Waals surface area contributed by atoms with Crippen LogP contribution >= 0.6 is 11.8 Å². The smallest absolute Gasteiger partial charge is 0.0934 e. The molecule has 0 rings (SSSR count). The Balaban J connectivity index is 2.45. The quantitative estimate of drug-likeness (QED) is 0.519. The number of thioether (sulfide) groups is 1. The van der Waals surface area contributed by atoms with Crippen LogP contribution in [0.15, 0.2) is 0 Å². The fourth-order valence-corrected chi connectivity index (χ4v) is 0.466. The van der Waals surface area contributed by atoms with Crippen LogP contribution in [-0.2, 0) is 4.74 Å². The number of rotatable bonds is 4. The molecule has 1 radical (unpaired) electrons. The van der Waals surface area contributed by atoms with Crippen LogP contribution in [0.5, 0.6) is 0 Å². The minimum Gasteiger partial charge on any atom is -0.375 e. The Labute approximate surface area is 49.4 Å². The molecule has 0 saturated carbocycles. The molecule has 0 spiro atoms. The largest absolute Gasteiger partial charge is 0.375 e. The summed E-state index contributed by atoms with van der Waals surface area (Å²) in [5.41, 5.74) is 0. The zero-order valence-electron chi connectivity index (χ0n) is 4.81. The molecule has 0 atom stereocenters. The summed E-state index contributed by atoms with van der Waals surface area (Å²) in [4.78, 5) is 0. The molecule has 0 aromatic rings. The molecule has 0 unspecified atom stereocenters. The van der Waals surface area contributed by atoms with Crippen LogP contribution in [0.25, 0.3) is 0 Å². The lowest BCUT2D eigenvalue weighted by Gasteiger charge is -1.93. The Bertz CT molecular complexity index is 27.3. The summed E-state index contributed by atoms with van der Waals surface area (Å²) in [7, 11) is 0. The molecule has 0 aliphatic carbocycles. The van der Waals surface area contributed by atoms with Gasteiger partial charge >= 0.3 is 0 Å². The van der Waals surface area contributed by atoms with E-state index in [2.05, 4.69) is 6.26 Å². The minimum atomic E-state index is 0.792. The monoisotopic (exact) mass is 119 g/mol. The van der Waals surface area contributed by atoms with Crippen molar-refractivity contribution in [1.82, 2.24) is 0 Å². The van der Waals surface area contributed by atoms with Gasteiger partial charge in [-0.25, -0.2) is 0 Å². The summed E-state index contributed by atoms with van der Waals surface area (Å²) in [6, 6.07) is 0. The van der Waals surface area contributed by atoms with Gasteiger partial charge in [0.2, 0.25) is 0 Å².